The van der Waals surface area contributed by atoms with Gasteiger partial charge in [0.15, 0.2) is 0 Å². The number of rotatable bonds is 7. The summed E-state index contributed by atoms with van der Waals surface area (Å²) in [5.74, 6) is 0.0896. The molecule has 0 saturated carbocycles. The number of sulfonamides is 1. The van der Waals surface area contributed by atoms with E-state index < -0.39 is 10.0 Å². The Bertz CT molecular complexity index is 909. The number of hydrogen-bond acceptors (Lipinski definition) is 5. The summed E-state index contributed by atoms with van der Waals surface area (Å²) in [6.07, 6.45) is 5.17. The van der Waals surface area contributed by atoms with Crippen LogP contribution in [-0.2, 0) is 21.2 Å². The van der Waals surface area contributed by atoms with Gasteiger partial charge in [0, 0.05) is 25.0 Å². The van der Waals surface area contributed by atoms with Gasteiger partial charge in [0.25, 0.3) is 0 Å². The first kappa shape index (κ1) is 20.8. The lowest BCUT2D eigenvalue weighted by atomic mass is 10.1. The Labute approximate surface area is 170 Å². The lowest BCUT2D eigenvalue weighted by molar-refractivity contribution is -0.113. The third-order valence-corrected chi connectivity index (χ3v) is 7.46. The number of carbonyl (C=O) groups excluding carboxylic acids is 1. The molecule has 2 heterocycles. The van der Waals surface area contributed by atoms with Crippen LogP contribution in [0.2, 0.25) is 0 Å². The lowest BCUT2D eigenvalue weighted by Crippen LogP contribution is -2.35. The number of nitrogens with zero attached hydrogens (tertiary/aromatic N) is 2. The van der Waals surface area contributed by atoms with Crippen molar-refractivity contribution >= 4 is 33.4 Å². The van der Waals surface area contributed by atoms with Gasteiger partial charge in [0.2, 0.25) is 15.9 Å². The molecule has 1 amide bonds. The summed E-state index contributed by atoms with van der Waals surface area (Å²) in [6.45, 7) is 3.20. The van der Waals surface area contributed by atoms with Gasteiger partial charge in [0.1, 0.15) is 4.90 Å². The summed E-state index contributed by atoms with van der Waals surface area (Å²) in [5, 5.41) is 3.50. The van der Waals surface area contributed by atoms with Gasteiger partial charge >= 0.3 is 0 Å². The minimum atomic E-state index is -3.48. The van der Waals surface area contributed by atoms with Crippen molar-refractivity contribution in [3.63, 3.8) is 0 Å². The molecule has 3 rings (SSSR count). The monoisotopic (exact) mass is 419 g/mol. The van der Waals surface area contributed by atoms with Gasteiger partial charge in [-0.15, -0.1) is 0 Å². The van der Waals surface area contributed by atoms with Gasteiger partial charge in [-0.05, 0) is 49.1 Å². The van der Waals surface area contributed by atoms with E-state index in [1.807, 2.05) is 24.3 Å². The number of carbonyl (C=O) groups is 1. The third kappa shape index (κ3) is 5.33. The number of nitrogens with one attached hydrogen (secondary N) is 1. The van der Waals surface area contributed by atoms with Crippen molar-refractivity contribution < 1.29 is 13.2 Å². The minimum absolute atomic E-state index is 0.120. The highest BCUT2D eigenvalue weighted by molar-refractivity contribution is 7.99. The second-order valence-electron chi connectivity index (χ2n) is 6.69. The van der Waals surface area contributed by atoms with Crippen molar-refractivity contribution in [1.82, 2.24) is 9.29 Å². The van der Waals surface area contributed by atoms with Crippen LogP contribution in [-0.4, -0.2) is 42.5 Å². The standard InChI is InChI=1S/C20H25N3O3S2/c1-2-16-7-6-8-17(13-16)22-19(24)15-27-20-10-9-18(14-21-20)28(25,26)23-11-4-3-5-12-23/h6-10,13-14H,2-5,11-12,15H2,1H3,(H,22,24). The average Bonchev–Trinajstić information content (AvgIpc) is 2.73. The molecule has 1 aliphatic heterocycles. The number of aromatic nitrogens is 1. The van der Waals surface area contributed by atoms with Crippen LogP contribution < -0.4 is 5.32 Å². The van der Waals surface area contributed by atoms with Gasteiger partial charge < -0.3 is 5.32 Å². The van der Waals surface area contributed by atoms with Crippen LogP contribution in [0.15, 0.2) is 52.5 Å². The van der Waals surface area contributed by atoms with Crippen molar-refractivity contribution in [2.45, 2.75) is 42.5 Å². The van der Waals surface area contributed by atoms with Crippen molar-refractivity contribution in [3.8, 4) is 0 Å². The molecule has 0 atom stereocenters. The van der Waals surface area contributed by atoms with Crippen molar-refractivity contribution in [2.24, 2.45) is 0 Å². The second-order valence-corrected chi connectivity index (χ2v) is 9.62. The van der Waals surface area contributed by atoms with E-state index in [-0.39, 0.29) is 16.6 Å². The van der Waals surface area contributed by atoms with Gasteiger partial charge in [-0.1, -0.05) is 37.2 Å². The molecule has 1 fully saturated rings. The lowest BCUT2D eigenvalue weighted by Gasteiger charge is -2.25. The molecule has 0 bridgehead atoms. The van der Waals surface area contributed by atoms with Crippen LogP contribution in [0, 0.1) is 0 Å². The molecular formula is C20H25N3O3S2. The van der Waals surface area contributed by atoms with Crippen molar-refractivity contribution in [1.29, 1.82) is 0 Å². The molecule has 1 N–H and O–H groups in total. The van der Waals surface area contributed by atoms with E-state index in [0.29, 0.717) is 18.1 Å². The Morgan fingerprint density at radius 2 is 1.96 bits per heavy atom. The zero-order valence-electron chi connectivity index (χ0n) is 15.9. The van der Waals surface area contributed by atoms with E-state index in [9.17, 15) is 13.2 Å². The summed E-state index contributed by atoms with van der Waals surface area (Å²) in [4.78, 5) is 16.6. The van der Waals surface area contributed by atoms with E-state index in [0.717, 1.165) is 36.9 Å². The molecule has 0 spiro atoms. The van der Waals surface area contributed by atoms with E-state index in [4.69, 9.17) is 0 Å². The fourth-order valence-corrected chi connectivity index (χ4v) is 5.17. The molecule has 1 aliphatic rings. The topological polar surface area (TPSA) is 79.4 Å². The quantitative estimate of drug-likeness (QED) is 0.695. The summed E-state index contributed by atoms with van der Waals surface area (Å²) < 4.78 is 26.8. The molecule has 150 valence electrons. The minimum Gasteiger partial charge on any atom is -0.325 e. The van der Waals surface area contributed by atoms with Gasteiger partial charge in [-0.3, -0.25) is 4.79 Å². The van der Waals surface area contributed by atoms with Crippen LogP contribution in [0.25, 0.3) is 0 Å². The molecule has 2 aromatic rings. The first-order valence-corrected chi connectivity index (χ1v) is 11.9. The molecule has 28 heavy (non-hydrogen) atoms. The average molecular weight is 420 g/mol. The van der Waals surface area contributed by atoms with Crippen LogP contribution in [0.3, 0.4) is 0 Å². The predicted octanol–water partition coefficient (Wildman–Crippen LogP) is 3.55. The Balaban J connectivity index is 1.56. The molecule has 1 saturated heterocycles. The number of thioether (sulfide) groups is 1. The molecule has 0 aliphatic carbocycles. The van der Waals surface area contributed by atoms with Crippen LogP contribution >= 0.6 is 11.8 Å². The largest absolute Gasteiger partial charge is 0.325 e. The number of piperidine rings is 1. The highest BCUT2D eigenvalue weighted by Gasteiger charge is 2.26. The number of hydrogen-bond donors (Lipinski definition) is 1. The molecule has 6 nitrogen and oxygen atoms in total. The molecular weight excluding hydrogens is 394 g/mol. The maximum absolute atomic E-state index is 12.6. The van der Waals surface area contributed by atoms with E-state index >= 15 is 0 Å². The zero-order chi connectivity index (χ0) is 20.0. The Hall–Kier alpha value is -1.90. The molecule has 1 aromatic carbocycles. The zero-order valence-corrected chi connectivity index (χ0v) is 17.6. The van der Waals surface area contributed by atoms with Gasteiger partial charge in [0.05, 0.1) is 10.8 Å². The summed E-state index contributed by atoms with van der Waals surface area (Å²) >= 11 is 1.28. The second kappa shape index (κ2) is 9.54. The summed E-state index contributed by atoms with van der Waals surface area (Å²) in [5.41, 5.74) is 1.94. The number of pyridine rings is 1. The summed E-state index contributed by atoms with van der Waals surface area (Å²) in [6, 6.07) is 11.0. The Kier molecular flexibility index (Phi) is 7.09. The molecule has 1 aromatic heterocycles. The SMILES string of the molecule is CCc1cccc(NC(=O)CSc2ccc(S(=O)(=O)N3CCCCC3)cn2)c1. The molecule has 0 radical (unpaired) electrons. The first-order valence-electron chi connectivity index (χ1n) is 9.47. The van der Waals surface area contributed by atoms with E-state index in [1.165, 1.54) is 22.3 Å². The molecule has 8 heteroatoms. The highest BCUT2D eigenvalue weighted by atomic mass is 32.2. The third-order valence-electron chi connectivity index (χ3n) is 4.63. The van der Waals surface area contributed by atoms with E-state index in [1.54, 1.807) is 12.1 Å². The fraction of sp³-hybridized carbons (Fsp3) is 0.400. The smallest absolute Gasteiger partial charge is 0.244 e. The number of amides is 1. The van der Waals surface area contributed by atoms with E-state index in [2.05, 4.69) is 17.2 Å². The fourth-order valence-electron chi connectivity index (χ4n) is 3.06. The van der Waals surface area contributed by atoms with Crippen LogP contribution in [0.4, 0.5) is 5.69 Å². The predicted molar refractivity (Wildman–Crippen MR) is 112 cm³/mol. The van der Waals surface area contributed by atoms with Crippen LogP contribution in [0.5, 0.6) is 0 Å². The van der Waals surface area contributed by atoms with Crippen molar-refractivity contribution in [2.75, 3.05) is 24.2 Å². The maximum Gasteiger partial charge on any atom is 0.244 e. The number of anilines is 1. The van der Waals surface area contributed by atoms with Crippen LogP contribution in [0.1, 0.15) is 31.7 Å². The Morgan fingerprint density at radius 3 is 2.64 bits per heavy atom. The molecule has 0 unspecified atom stereocenters. The normalized spacial score (nSPS) is 15.3. The number of aryl methyl sites for hydroxylation is 1. The van der Waals surface area contributed by atoms with Gasteiger partial charge in [-0.2, -0.15) is 4.31 Å². The number of benzene rings is 1. The highest BCUT2D eigenvalue weighted by Crippen LogP contribution is 2.22. The van der Waals surface area contributed by atoms with Gasteiger partial charge in [-0.25, -0.2) is 13.4 Å². The maximum atomic E-state index is 12.6. The Morgan fingerprint density at radius 1 is 1.18 bits per heavy atom. The first-order chi connectivity index (χ1) is 13.5. The summed E-state index contributed by atoms with van der Waals surface area (Å²) in [7, 11) is -3.48. The van der Waals surface area contributed by atoms with Crippen molar-refractivity contribution in [3.05, 3.63) is 48.2 Å².